The van der Waals surface area contributed by atoms with Crippen molar-refractivity contribution in [3.8, 4) is 0 Å². The number of ether oxygens (including phenoxy) is 1. The summed E-state index contributed by atoms with van der Waals surface area (Å²) in [6.07, 6.45) is 5.39. The van der Waals surface area contributed by atoms with E-state index in [2.05, 4.69) is 6.58 Å². The Morgan fingerprint density at radius 1 is 1.50 bits per heavy atom. The predicted octanol–water partition coefficient (Wildman–Crippen LogP) is 2.46. The third-order valence-electron chi connectivity index (χ3n) is 0.977. The summed E-state index contributed by atoms with van der Waals surface area (Å²) in [6.45, 7) is 9.04. The van der Waals surface area contributed by atoms with E-state index in [9.17, 15) is 4.79 Å². The van der Waals surface area contributed by atoms with Gasteiger partial charge in [0, 0.05) is 0 Å². The summed E-state index contributed by atoms with van der Waals surface area (Å²) in [6, 6.07) is 0. The molecule has 0 fully saturated rings. The van der Waals surface area contributed by atoms with E-state index < -0.39 is 0 Å². The number of hydrogen-bond acceptors (Lipinski definition) is 2. The van der Waals surface area contributed by atoms with Crippen molar-refractivity contribution < 1.29 is 9.53 Å². The fraction of sp³-hybridized carbons (Fsp3) is 0.500. The van der Waals surface area contributed by atoms with Gasteiger partial charge in [-0.1, -0.05) is 24.8 Å². The van der Waals surface area contributed by atoms with Gasteiger partial charge in [-0.2, -0.15) is 0 Å². The van der Waals surface area contributed by atoms with Crippen molar-refractivity contribution in [2.24, 2.45) is 0 Å². The van der Waals surface area contributed by atoms with Crippen LogP contribution in [0.5, 0.6) is 0 Å². The molecule has 0 aliphatic heterocycles. The van der Waals surface area contributed by atoms with Crippen molar-refractivity contribution in [3.63, 3.8) is 0 Å². The summed E-state index contributed by atoms with van der Waals surface area (Å²) in [5.74, 6) is -0.208. The van der Waals surface area contributed by atoms with Gasteiger partial charge in [0.1, 0.15) is 5.60 Å². The molecule has 0 radical (unpaired) electrons. The summed E-state index contributed by atoms with van der Waals surface area (Å²) >= 11 is 0. The predicted molar refractivity (Wildman–Crippen MR) is 49.8 cm³/mol. The first-order valence-electron chi connectivity index (χ1n) is 3.95. The number of allylic oxidation sites excluding steroid dienone is 2. The van der Waals surface area contributed by atoms with Gasteiger partial charge in [-0.05, 0) is 20.8 Å². The second kappa shape index (κ2) is 4.75. The number of rotatable bonds is 3. The van der Waals surface area contributed by atoms with Crippen LogP contribution in [0.15, 0.2) is 24.8 Å². The topological polar surface area (TPSA) is 26.3 Å². The molecule has 0 saturated heterocycles. The van der Waals surface area contributed by atoms with Gasteiger partial charge in [0.2, 0.25) is 0 Å². The van der Waals surface area contributed by atoms with Crippen LogP contribution in [0, 0.1) is 0 Å². The molecule has 2 heteroatoms. The Balaban J connectivity index is 3.75. The Bertz CT molecular complexity index is 185. The average molecular weight is 168 g/mol. The molecule has 0 aromatic heterocycles. The largest absolute Gasteiger partial charge is 0.460 e. The van der Waals surface area contributed by atoms with Gasteiger partial charge in [-0.3, -0.25) is 4.79 Å². The number of esters is 1. The van der Waals surface area contributed by atoms with Gasteiger partial charge in [-0.15, -0.1) is 0 Å². The molecule has 0 aromatic carbocycles. The average Bonchev–Trinajstić information content (AvgIpc) is 1.84. The molecule has 0 N–H and O–H groups in total. The molecule has 0 unspecified atom stereocenters. The summed E-state index contributed by atoms with van der Waals surface area (Å²) in [4.78, 5) is 11.0. The van der Waals surface area contributed by atoms with E-state index in [4.69, 9.17) is 4.74 Å². The highest BCUT2D eigenvalue weighted by Crippen LogP contribution is 2.08. The van der Waals surface area contributed by atoms with Gasteiger partial charge < -0.3 is 4.74 Å². The van der Waals surface area contributed by atoms with Gasteiger partial charge in [0.15, 0.2) is 0 Å². The molecule has 0 atom stereocenters. The lowest BCUT2D eigenvalue weighted by Crippen LogP contribution is -2.23. The monoisotopic (exact) mass is 168 g/mol. The maximum Gasteiger partial charge on any atom is 0.310 e. The zero-order valence-corrected chi connectivity index (χ0v) is 7.96. The minimum absolute atomic E-state index is 0.208. The van der Waals surface area contributed by atoms with Gasteiger partial charge in [-0.25, -0.2) is 0 Å². The molecular weight excluding hydrogens is 152 g/mol. The maximum atomic E-state index is 11.0. The quantitative estimate of drug-likeness (QED) is 0.478. The highest BCUT2D eigenvalue weighted by molar-refractivity contribution is 5.71. The fourth-order valence-corrected chi connectivity index (χ4v) is 0.644. The molecule has 0 heterocycles. The molecular formula is C10H16O2. The first-order chi connectivity index (χ1) is 5.45. The van der Waals surface area contributed by atoms with Crippen LogP contribution in [0.2, 0.25) is 0 Å². The van der Waals surface area contributed by atoms with E-state index in [0.29, 0.717) is 6.42 Å². The van der Waals surface area contributed by atoms with Crippen molar-refractivity contribution in [1.29, 1.82) is 0 Å². The number of carbonyl (C=O) groups excluding carboxylic acids is 1. The van der Waals surface area contributed by atoms with E-state index in [1.165, 1.54) is 0 Å². The Labute approximate surface area is 73.9 Å². The first kappa shape index (κ1) is 11.0. The minimum Gasteiger partial charge on any atom is -0.460 e. The highest BCUT2D eigenvalue weighted by atomic mass is 16.6. The number of hydrogen-bond donors (Lipinski definition) is 0. The third kappa shape index (κ3) is 7.06. The van der Waals surface area contributed by atoms with Crippen molar-refractivity contribution in [1.82, 2.24) is 0 Å². The smallest absolute Gasteiger partial charge is 0.310 e. The molecule has 0 aliphatic carbocycles. The van der Waals surface area contributed by atoms with E-state index in [1.54, 1.807) is 18.2 Å². The van der Waals surface area contributed by atoms with E-state index in [1.807, 2.05) is 20.8 Å². The van der Waals surface area contributed by atoms with Crippen LogP contribution in [-0.4, -0.2) is 11.6 Å². The van der Waals surface area contributed by atoms with E-state index in [-0.39, 0.29) is 11.6 Å². The third-order valence-corrected chi connectivity index (χ3v) is 0.977. The lowest BCUT2D eigenvalue weighted by molar-refractivity contribution is -0.153. The summed E-state index contributed by atoms with van der Waals surface area (Å²) in [7, 11) is 0. The normalized spacial score (nSPS) is 11.6. The van der Waals surface area contributed by atoms with Gasteiger partial charge in [0.05, 0.1) is 6.42 Å². The molecule has 0 aromatic rings. The Morgan fingerprint density at radius 2 is 2.08 bits per heavy atom. The summed E-state index contributed by atoms with van der Waals surface area (Å²) in [5.41, 5.74) is -0.390. The molecule has 12 heavy (non-hydrogen) atoms. The van der Waals surface area contributed by atoms with Crippen molar-refractivity contribution in [2.75, 3.05) is 0 Å². The Kier molecular flexibility index (Phi) is 4.34. The first-order valence-corrected chi connectivity index (χ1v) is 3.95. The van der Waals surface area contributed by atoms with E-state index >= 15 is 0 Å². The lowest BCUT2D eigenvalue weighted by Gasteiger charge is -2.18. The molecule has 0 rings (SSSR count). The maximum absolute atomic E-state index is 11.0. The Hall–Kier alpha value is -1.05. The lowest BCUT2D eigenvalue weighted by atomic mass is 10.2. The number of carbonyl (C=O) groups is 1. The van der Waals surface area contributed by atoms with Gasteiger partial charge >= 0.3 is 5.97 Å². The molecule has 68 valence electrons. The molecule has 0 amide bonds. The molecule has 0 aliphatic rings. The Morgan fingerprint density at radius 3 is 2.50 bits per heavy atom. The van der Waals surface area contributed by atoms with Crippen LogP contribution >= 0.6 is 0 Å². The van der Waals surface area contributed by atoms with Crippen molar-refractivity contribution >= 4 is 5.97 Å². The van der Waals surface area contributed by atoms with Crippen molar-refractivity contribution in [2.45, 2.75) is 32.8 Å². The zero-order chi connectivity index (χ0) is 9.61. The summed E-state index contributed by atoms with van der Waals surface area (Å²) in [5, 5.41) is 0. The zero-order valence-electron chi connectivity index (χ0n) is 7.96. The second-order valence-electron chi connectivity index (χ2n) is 3.45. The molecule has 0 saturated carbocycles. The molecule has 0 spiro atoms. The van der Waals surface area contributed by atoms with E-state index in [0.717, 1.165) is 0 Å². The van der Waals surface area contributed by atoms with Crippen LogP contribution in [0.4, 0.5) is 0 Å². The minimum atomic E-state index is -0.390. The second-order valence-corrected chi connectivity index (χ2v) is 3.45. The molecule has 0 bridgehead atoms. The van der Waals surface area contributed by atoms with Crippen LogP contribution < -0.4 is 0 Å². The van der Waals surface area contributed by atoms with Crippen LogP contribution in [0.1, 0.15) is 27.2 Å². The molecule has 2 nitrogen and oxygen atoms in total. The highest BCUT2D eigenvalue weighted by Gasteiger charge is 2.14. The fourth-order valence-electron chi connectivity index (χ4n) is 0.644. The van der Waals surface area contributed by atoms with Crippen molar-refractivity contribution in [3.05, 3.63) is 24.8 Å². The van der Waals surface area contributed by atoms with Crippen LogP contribution in [-0.2, 0) is 9.53 Å². The van der Waals surface area contributed by atoms with Gasteiger partial charge in [0.25, 0.3) is 0 Å². The SMILES string of the molecule is C=CC=CCC(=O)OC(C)(C)C. The standard InChI is InChI=1S/C10H16O2/c1-5-6-7-8-9(11)12-10(2,3)4/h5-7H,1,8H2,2-4H3. The van der Waals surface area contributed by atoms with Crippen LogP contribution in [0.25, 0.3) is 0 Å². The summed E-state index contributed by atoms with van der Waals surface area (Å²) < 4.78 is 5.06. The van der Waals surface area contributed by atoms with Crippen LogP contribution in [0.3, 0.4) is 0 Å².